The maximum atomic E-state index is 13.8. The van der Waals surface area contributed by atoms with Crippen molar-refractivity contribution in [1.82, 2.24) is 10.4 Å². The smallest absolute Gasteiger partial charge is 0.166 e. The van der Waals surface area contributed by atoms with Crippen molar-refractivity contribution in [2.45, 2.75) is 38.8 Å². The van der Waals surface area contributed by atoms with E-state index >= 15 is 0 Å². The minimum Gasteiger partial charge on any atom is -0.482 e. The molecule has 1 aromatic carbocycles. The molecule has 3 unspecified atom stereocenters. The highest BCUT2D eigenvalue weighted by molar-refractivity contribution is 6.36. The van der Waals surface area contributed by atoms with Crippen LogP contribution in [0.4, 0.5) is 10.2 Å². The molecule has 1 aliphatic heterocycles. The fourth-order valence-electron chi connectivity index (χ4n) is 3.14. The van der Waals surface area contributed by atoms with Crippen LogP contribution in [0.2, 0.25) is 10.0 Å². The van der Waals surface area contributed by atoms with E-state index < -0.39 is 11.9 Å². The van der Waals surface area contributed by atoms with Gasteiger partial charge in [0.15, 0.2) is 11.6 Å². The minimum atomic E-state index is -0.612. The Hall–Kier alpha value is -2.05. The predicted octanol–water partition coefficient (Wildman–Crippen LogP) is 4.70. The Balaban J connectivity index is 1.92. The summed E-state index contributed by atoms with van der Waals surface area (Å²) in [5.74, 6) is 0.136. The molecular formula is C18H19Cl2FN4O. The number of nitrogens with two attached hydrogens (primary N) is 1. The topological polar surface area (TPSA) is 72.5 Å². The van der Waals surface area contributed by atoms with E-state index in [1.54, 1.807) is 13.1 Å². The van der Waals surface area contributed by atoms with Crippen LogP contribution in [0.3, 0.4) is 0 Å². The fraction of sp³-hybridized carbons (Fsp3) is 0.333. The summed E-state index contributed by atoms with van der Waals surface area (Å²) >= 11 is 12.2. The Morgan fingerprint density at radius 2 is 2.08 bits per heavy atom. The zero-order chi connectivity index (χ0) is 19.0. The summed E-state index contributed by atoms with van der Waals surface area (Å²) in [4.78, 5) is 4.23. The Morgan fingerprint density at radius 3 is 2.73 bits per heavy atom. The zero-order valence-corrected chi connectivity index (χ0v) is 16.1. The summed E-state index contributed by atoms with van der Waals surface area (Å²) in [5, 5.41) is 4.52. The standard InChI is InChI=1S/C18H19Cl2FN4O/c1-8-15(9(2)25-24-8)11-6-14(18(22)23-7-11)26-10(3)16-12(19)4-5-13(21)17(16)20/h4-8,10,15,24H,1-3H3,(H2,22,23). The number of hydrogen-bond acceptors (Lipinski definition) is 5. The third-order valence-corrected chi connectivity index (χ3v) is 5.16. The normalized spacial score (nSPS) is 20.5. The molecule has 138 valence electrons. The first-order valence-corrected chi connectivity index (χ1v) is 8.90. The zero-order valence-electron chi connectivity index (χ0n) is 14.6. The highest BCUT2D eigenvalue weighted by Gasteiger charge is 2.28. The molecular weight excluding hydrogens is 378 g/mol. The number of benzene rings is 1. The van der Waals surface area contributed by atoms with Gasteiger partial charge in [0.2, 0.25) is 0 Å². The molecule has 0 saturated heterocycles. The molecule has 2 aromatic rings. The largest absolute Gasteiger partial charge is 0.482 e. The van der Waals surface area contributed by atoms with Crippen molar-refractivity contribution in [1.29, 1.82) is 0 Å². The first-order valence-electron chi connectivity index (χ1n) is 8.14. The molecule has 0 bridgehead atoms. The van der Waals surface area contributed by atoms with Gasteiger partial charge in [-0.05, 0) is 44.5 Å². The van der Waals surface area contributed by atoms with Crippen LogP contribution >= 0.6 is 23.2 Å². The van der Waals surface area contributed by atoms with Gasteiger partial charge in [0.05, 0.1) is 11.1 Å². The lowest BCUT2D eigenvalue weighted by molar-refractivity contribution is 0.227. The van der Waals surface area contributed by atoms with Crippen molar-refractivity contribution >= 4 is 34.7 Å². The van der Waals surface area contributed by atoms with E-state index in [-0.39, 0.29) is 22.8 Å². The van der Waals surface area contributed by atoms with Crippen molar-refractivity contribution < 1.29 is 9.13 Å². The highest BCUT2D eigenvalue weighted by atomic mass is 35.5. The summed E-state index contributed by atoms with van der Waals surface area (Å²) in [7, 11) is 0. The molecule has 3 atom stereocenters. The number of nitrogens with zero attached hydrogens (tertiary/aromatic N) is 2. The quantitative estimate of drug-likeness (QED) is 0.734. The Kier molecular flexibility index (Phi) is 5.25. The molecule has 0 radical (unpaired) electrons. The molecule has 0 aliphatic carbocycles. The van der Waals surface area contributed by atoms with Crippen LogP contribution in [0.1, 0.15) is 43.9 Å². The van der Waals surface area contributed by atoms with Crippen molar-refractivity contribution in [2.75, 3.05) is 5.73 Å². The van der Waals surface area contributed by atoms with Crippen LogP contribution in [-0.4, -0.2) is 16.7 Å². The third-order valence-electron chi connectivity index (χ3n) is 4.45. The summed E-state index contributed by atoms with van der Waals surface area (Å²) in [6, 6.07) is 4.63. The summed E-state index contributed by atoms with van der Waals surface area (Å²) in [6.45, 7) is 5.72. The van der Waals surface area contributed by atoms with Crippen LogP contribution in [0.5, 0.6) is 5.75 Å². The first kappa shape index (κ1) is 18.7. The Labute approximate surface area is 161 Å². The second-order valence-electron chi connectivity index (χ2n) is 6.32. The molecule has 0 saturated carbocycles. The number of halogens is 3. The summed E-state index contributed by atoms with van der Waals surface area (Å²) in [6.07, 6.45) is 1.10. The van der Waals surface area contributed by atoms with E-state index in [1.165, 1.54) is 12.1 Å². The lowest BCUT2D eigenvalue weighted by Crippen LogP contribution is -2.24. The van der Waals surface area contributed by atoms with Crippen LogP contribution in [0.15, 0.2) is 29.5 Å². The minimum absolute atomic E-state index is 0.0655. The number of pyridine rings is 1. The van der Waals surface area contributed by atoms with Gasteiger partial charge in [0.25, 0.3) is 0 Å². The molecule has 3 N–H and O–H groups in total. The number of ether oxygens (including phenoxy) is 1. The molecule has 0 fully saturated rings. The highest BCUT2D eigenvalue weighted by Crippen LogP contribution is 2.37. The van der Waals surface area contributed by atoms with Gasteiger partial charge >= 0.3 is 0 Å². The second kappa shape index (κ2) is 7.29. The lowest BCUT2D eigenvalue weighted by Gasteiger charge is -2.21. The van der Waals surface area contributed by atoms with E-state index in [4.69, 9.17) is 33.7 Å². The van der Waals surface area contributed by atoms with E-state index in [0.717, 1.165) is 11.3 Å². The van der Waals surface area contributed by atoms with Gasteiger partial charge in [-0.3, -0.25) is 0 Å². The fourth-order valence-corrected chi connectivity index (χ4v) is 3.82. The summed E-state index contributed by atoms with van der Waals surface area (Å²) in [5.41, 5.74) is 11.3. The summed E-state index contributed by atoms with van der Waals surface area (Å²) < 4.78 is 19.7. The van der Waals surface area contributed by atoms with Gasteiger partial charge < -0.3 is 15.9 Å². The number of nitrogens with one attached hydrogen (secondary N) is 1. The maximum absolute atomic E-state index is 13.8. The SMILES string of the molecule is CC1=NNC(C)C1c1cnc(N)c(OC(C)c2c(Cl)ccc(F)c2Cl)c1. The van der Waals surface area contributed by atoms with Gasteiger partial charge in [-0.2, -0.15) is 5.10 Å². The first-order chi connectivity index (χ1) is 12.3. The number of rotatable bonds is 4. The van der Waals surface area contributed by atoms with Crippen molar-refractivity contribution in [2.24, 2.45) is 5.10 Å². The predicted molar refractivity (Wildman–Crippen MR) is 103 cm³/mol. The van der Waals surface area contributed by atoms with Gasteiger partial charge in [-0.25, -0.2) is 9.37 Å². The van der Waals surface area contributed by atoms with Crippen molar-refractivity contribution in [3.05, 3.63) is 51.4 Å². The van der Waals surface area contributed by atoms with Crippen LogP contribution in [-0.2, 0) is 0 Å². The van der Waals surface area contributed by atoms with Crippen molar-refractivity contribution in [3.63, 3.8) is 0 Å². The van der Waals surface area contributed by atoms with Crippen LogP contribution in [0.25, 0.3) is 0 Å². The van der Waals surface area contributed by atoms with Crippen molar-refractivity contribution in [3.8, 4) is 5.75 Å². The van der Waals surface area contributed by atoms with E-state index in [1.807, 2.05) is 19.9 Å². The van der Waals surface area contributed by atoms with Gasteiger partial charge in [-0.15, -0.1) is 0 Å². The van der Waals surface area contributed by atoms with Crippen LogP contribution < -0.4 is 15.9 Å². The monoisotopic (exact) mass is 396 g/mol. The number of hydrogen-bond donors (Lipinski definition) is 2. The number of anilines is 1. The number of hydrazone groups is 1. The van der Waals surface area contributed by atoms with E-state index in [2.05, 4.69) is 15.5 Å². The second-order valence-corrected chi connectivity index (χ2v) is 7.10. The third kappa shape index (κ3) is 3.44. The maximum Gasteiger partial charge on any atom is 0.166 e. The van der Waals surface area contributed by atoms with Gasteiger partial charge in [0, 0.05) is 28.4 Å². The number of aromatic nitrogens is 1. The van der Waals surface area contributed by atoms with Gasteiger partial charge in [0.1, 0.15) is 11.9 Å². The van der Waals surface area contributed by atoms with Gasteiger partial charge in [-0.1, -0.05) is 23.2 Å². The molecule has 1 aromatic heterocycles. The van der Waals surface area contributed by atoms with E-state index in [9.17, 15) is 4.39 Å². The molecule has 2 heterocycles. The molecule has 3 rings (SSSR count). The Morgan fingerprint density at radius 1 is 1.35 bits per heavy atom. The molecule has 26 heavy (non-hydrogen) atoms. The van der Waals surface area contributed by atoms with E-state index in [0.29, 0.717) is 16.3 Å². The average Bonchev–Trinajstić information content (AvgIpc) is 2.92. The molecule has 0 spiro atoms. The Bertz CT molecular complexity index is 875. The molecule has 1 aliphatic rings. The number of nitrogen functional groups attached to an aromatic ring is 1. The lowest BCUT2D eigenvalue weighted by atomic mass is 9.91. The average molecular weight is 397 g/mol. The molecule has 0 amide bonds. The van der Waals surface area contributed by atoms with Crippen LogP contribution in [0, 0.1) is 5.82 Å². The molecule has 5 nitrogen and oxygen atoms in total. The molecule has 8 heteroatoms.